The summed E-state index contributed by atoms with van der Waals surface area (Å²) in [7, 11) is 0. The number of nitrogens with one attached hydrogen (secondary N) is 2. The molecule has 0 unspecified atom stereocenters. The quantitative estimate of drug-likeness (QED) is 0.110. The molecule has 0 aliphatic carbocycles. The second kappa shape index (κ2) is 11.6. The van der Waals surface area contributed by atoms with Gasteiger partial charge in [0.15, 0.2) is 11.6 Å². The van der Waals surface area contributed by atoms with Crippen LogP contribution < -0.4 is 16.8 Å². The van der Waals surface area contributed by atoms with Crippen molar-refractivity contribution in [1.82, 2.24) is 5.32 Å². The van der Waals surface area contributed by atoms with Crippen LogP contribution in [-0.2, 0) is 19.2 Å². The third-order valence-corrected chi connectivity index (χ3v) is 2.61. The van der Waals surface area contributed by atoms with Crippen molar-refractivity contribution in [3.8, 4) is 0 Å². The van der Waals surface area contributed by atoms with Gasteiger partial charge in [0.05, 0.1) is 12.8 Å². The third kappa shape index (κ3) is 13.2. The number of guanidine groups is 1. The van der Waals surface area contributed by atoms with Gasteiger partial charge in [0.2, 0.25) is 0 Å². The fraction of sp³-hybridized carbons (Fsp3) is 0.583. The molecular formula is C12H22N4O9. The number of carboxylic acids is 4. The molecule has 144 valence electrons. The van der Waals surface area contributed by atoms with Gasteiger partial charge in [-0.15, -0.1) is 0 Å². The molecule has 0 spiro atoms. The van der Waals surface area contributed by atoms with Gasteiger partial charge in [0.1, 0.15) is 6.04 Å². The number of rotatable bonds is 10. The van der Waals surface area contributed by atoms with Crippen LogP contribution in [-0.4, -0.2) is 73.6 Å². The molecule has 13 heteroatoms. The molecule has 0 fully saturated rings. The Morgan fingerprint density at radius 3 is 1.76 bits per heavy atom. The van der Waals surface area contributed by atoms with Gasteiger partial charge in [0.25, 0.3) is 0 Å². The molecule has 0 rings (SSSR count). The van der Waals surface area contributed by atoms with E-state index in [0.29, 0.717) is 19.4 Å². The Morgan fingerprint density at radius 2 is 1.48 bits per heavy atom. The summed E-state index contributed by atoms with van der Waals surface area (Å²) in [5, 5.41) is 51.5. The zero-order chi connectivity index (χ0) is 20.2. The molecule has 13 nitrogen and oxygen atoms in total. The lowest BCUT2D eigenvalue weighted by Gasteiger charge is -2.18. The summed E-state index contributed by atoms with van der Waals surface area (Å²) in [6.45, 7) is 0.482. The number of carboxylic acid groups (broad SMARTS) is 4. The normalized spacial score (nSPS) is 11.4. The highest BCUT2D eigenvalue weighted by atomic mass is 16.4. The summed E-state index contributed by atoms with van der Waals surface area (Å²) in [4.78, 5) is 40.7. The van der Waals surface area contributed by atoms with Crippen LogP contribution in [0.5, 0.6) is 0 Å². The molecule has 0 saturated carbocycles. The maximum Gasteiger partial charge on any atom is 0.336 e. The summed E-state index contributed by atoms with van der Waals surface area (Å²) in [5.41, 5.74) is 7.48. The van der Waals surface area contributed by atoms with Crippen molar-refractivity contribution in [1.29, 1.82) is 5.41 Å². The van der Waals surface area contributed by atoms with E-state index in [0.717, 1.165) is 0 Å². The number of aliphatic carboxylic acids is 4. The summed E-state index contributed by atoms with van der Waals surface area (Å²) in [6.07, 6.45) is -1.31. The Morgan fingerprint density at radius 1 is 1.04 bits per heavy atom. The lowest BCUT2D eigenvalue weighted by atomic mass is 9.96. The van der Waals surface area contributed by atoms with Crippen LogP contribution in [0.4, 0.5) is 0 Å². The van der Waals surface area contributed by atoms with Crippen molar-refractivity contribution in [3.05, 3.63) is 0 Å². The molecule has 0 aromatic rings. The van der Waals surface area contributed by atoms with E-state index in [9.17, 15) is 19.2 Å². The van der Waals surface area contributed by atoms with E-state index in [1.165, 1.54) is 0 Å². The van der Waals surface area contributed by atoms with Crippen molar-refractivity contribution in [2.45, 2.75) is 37.3 Å². The number of hydrogen-bond acceptors (Lipinski definition) is 7. The highest BCUT2D eigenvalue weighted by molar-refractivity contribution is 5.88. The van der Waals surface area contributed by atoms with Gasteiger partial charge in [-0.25, -0.2) is 4.79 Å². The van der Waals surface area contributed by atoms with E-state index >= 15 is 0 Å². The highest BCUT2D eigenvalue weighted by Crippen LogP contribution is 2.15. The lowest BCUT2D eigenvalue weighted by Crippen LogP contribution is -2.42. The second-order valence-corrected chi connectivity index (χ2v) is 4.91. The van der Waals surface area contributed by atoms with Crippen LogP contribution in [0.3, 0.4) is 0 Å². The molecule has 1 atom stereocenters. The van der Waals surface area contributed by atoms with Crippen molar-refractivity contribution in [3.63, 3.8) is 0 Å². The molecule has 0 bridgehead atoms. The molecular weight excluding hydrogens is 344 g/mol. The van der Waals surface area contributed by atoms with Gasteiger partial charge in [0, 0.05) is 6.54 Å². The van der Waals surface area contributed by atoms with E-state index < -0.39 is 48.4 Å². The first-order chi connectivity index (χ1) is 11.3. The van der Waals surface area contributed by atoms with E-state index in [4.69, 9.17) is 42.4 Å². The summed E-state index contributed by atoms with van der Waals surface area (Å²) < 4.78 is 0. The van der Waals surface area contributed by atoms with Crippen molar-refractivity contribution >= 4 is 29.8 Å². The topological polar surface area (TPSA) is 257 Å². The molecule has 0 aliphatic heterocycles. The lowest BCUT2D eigenvalue weighted by molar-refractivity contribution is -0.170. The molecule has 25 heavy (non-hydrogen) atoms. The Bertz CT molecular complexity index is 493. The minimum atomic E-state index is -2.74. The molecule has 0 heterocycles. The summed E-state index contributed by atoms with van der Waals surface area (Å²) in [5.74, 6) is -6.13. The SMILES string of the molecule is N=C(N)NCCC[C@H](N)C(=O)O.O=C(O)CC(O)(CC(=O)O)C(=O)O. The smallest absolute Gasteiger partial charge is 0.336 e. The summed E-state index contributed by atoms with van der Waals surface area (Å²) in [6, 6.07) is -0.821. The first-order valence-electron chi connectivity index (χ1n) is 6.77. The molecule has 11 N–H and O–H groups in total. The Balaban J connectivity index is 0. The second-order valence-electron chi connectivity index (χ2n) is 4.91. The van der Waals surface area contributed by atoms with Crippen LogP contribution in [0.2, 0.25) is 0 Å². The molecule has 0 aromatic carbocycles. The maximum atomic E-state index is 10.3. The zero-order valence-corrected chi connectivity index (χ0v) is 13.1. The minimum Gasteiger partial charge on any atom is -0.481 e. The van der Waals surface area contributed by atoms with E-state index in [1.807, 2.05) is 0 Å². The van der Waals surface area contributed by atoms with Gasteiger partial charge in [-0.2, -0.15) is 0 Å². The summed E-state index contributed by atoms with van der Waals surface area (Å²) >= 11 is 0. The number of hydrogen-bond donors (Lipinski definition) is 9. The van der Waals surface area contributed by atoms with E-state index in [1.54, 1.807) is 0 Å². The predicted octanol–water partition coefficient (Wildman–Crippen LogP) is -2.59. The predicted molar refractivity (Wildman–Crippen MR) is 81.9 cm³/mol. The highest BCUT2D eigenvalue weighted by Gasteiger charge is 2.40. The average molecular weight is 366 g/mol. The Hall–Kier alpha value is -2.93. The fourth-order valence-electron chi connectivity index (χ4n) is 1.38. The number of aliphatic hydroxyl groups is 1. The van der Waals surface area contributed by atoms with E-state index in [2.05, 4.69) is 5.32 Å². The molecule has 0 aliphatic rings. The molecule has 0 saturated heterocycles. The van der Waals surface area contributed by atoms with Gasteiger partial charge < -0.3 is 42.3 Å². The Labute approximate surface area is 141 Å². The molecule has 0 amide bonds. The van der Waals surface area contributed by atoms with Crippen molar-refractivity contribution in [2.75, 3.05) is 6.54 Å². The van der Waals surface area contributed by atoms with Gasteiger partial charge >= 0.3 is 23.9 Å². The van der Waals surface area contributed by atoms with Crippen LogP contribution in [0.25, 0.3) is 0 Å². The number of nitrogens with two attached hydrogens (primary N) is 2. The van der Waals surface area contributed by atoms with Crippen molar-refractivity contribution < 1.29 is 44.7 Å². The van der Waals surface area contributed by atoms with Crippen LogP contribution in [0, 0.1) is 5.41 Å². The Kier molecular flexibility index (Phi) is 11.3. The zero-order valence-electron chi connectivity index (χ0n) is 13.1. The number of carbonyl (C=O) groups is 4. The monoisotopic (exact) mass is 366 g/mol. The largest absolute Gasteiger partial charge is 0.481 e. The van der Waals surface area contributed by atoms with Crippen LogP contribution in [0.1, 0.15) is 25.7 Å². The van der Waals surface area contributed by atoms with Crippen LogP contribution in [0.15, 0.2) is 0 Å². The van der Waals surface area contributed by atoms with E-state index in [-0.39, 0.29) is 5.96 Å². The average Bonchev–Trinajstić information content (AvgIpc) is 2.41. The van der Waals surface area contributed by atoms with Gasteiger partial charge in [-0.1, -0.05) is 0 Å². The minimum absolute atomic E-state index is 0.112. The van der Waals surface area contributed by atoms with Gasteiger partial charge in [-0.05, 0) is 12.8 Å². The van der Waals surface area contributed by atoms with Crippen LogP contribution >= 0.6 is 0 Å². The molecule has 0 radical (unpaired) electrons. The molecule has 0 aromatic heterocycles. The maximum absolute atomic E-state index is 10.3. The van der Waals surface area contributed by atoms with Gasteiger partial charge in [-0.3, -0.25) is 19.8 Å². The first kappa shape index (κ1) is 24.3. The standard InChI is InChI=1S/C6H14N4O2.C6H8O7/c7-4(5(11)12)2-1-3-10-6(8)9;7-3(8)1-6(13,5(11)12)2-4(9)10/h4H,1-3,7H2,(H,11,12)(H4,8,9,10);13H,1-2H2,(H,7,8)(H,9,10)(H,11,12)/t4-;/m0./s1. The third-order valence-electron chi connectivity index (χ3n) is 2.61. The first-order valence-corrected chi connectivity index (χ1v) is 6.77. The van der Waals surface area contributed by atoms with Crippen molar-refractivity contribution in [2.24, 2.45) is 11.5 Å². The fourth-order valence-corrected chi connectivity index (χ4v) is 1.38.